The molecule has 0 amide bonds. The highest BCUT2D eigenvalue weighted by atomic mass is 14.9. The number of allylic oxidation sites excluding steroid dienone is 1. The fourth-order valence-corrected chi connectivity index (χ4v) is 0.975. The monoisotopic (exact) mass is 166 g/mol. The molecule has 0 atom stereocenters. The fourth-order valence-electron chi connectivity index (χ4n) is 0.975. The molecule has 0 fully saturated rings. The second kappa shape index (κ2) is 6.68. The lowest BCUT2D eigenvalue weighted by Crippen LogP contribution is -2.18. The Morgan fingerprint density at radius 3 is 2.33 bits per heavy atom. The molecular formula is C10H18N2. The van der Waals surface area contributed by atoms with Crippen LogP contribution in [0, 0.1) is 0 Å². The molecule has 0 radical (unpaired) electrons. The summed E-state index contributed by atoms with van der Waals surface area (Å²) in [6.07, 6.45) is 3.66. The average Bonchev–Trinajstić information content (AvgIpc) is 2.11. The van der Waals surface area contributed by atoms with Crippen LogP contribution in [-0.2, 0) is 0 Å². The first kappa shape index (κ1) is 11.0. The molecule has 0 aromatic heterocycles. The van der Waals surface area contributed by atoms with E-state index in [0.29, 0.717) is 0 Å². The van der Waals surface area contributed by atoms with Crippen molar-refractivity contribution in [1.29, 1.82) is 0 Å². The summed E-state index contributed by atoms with van der Waals surface area (Å²) in [5.74, 6) is 0. The summed E-state index contributed by atoms with van der Waals surface area (Å²) in [5.41, 5.74) is 2.20. The van der Waals surface area contributed by atoms with Gasteiger partial charge in [-0.1, -0.05) is 19.2 Å². The molecule has 0 saturated heterocycles. The van der Waals surface area contributed by atoms with Gasteiger partial charge in [0.25, 0.3) is 0 Å². The molecule has 0 aliphatic carbocycles. The molecule has 68 valence electrons. The van der Waals surface area contributed by atoms with Crippen molar-refractivity contribution in [3.8, 4) is 0 Å². The Hall–Kier alpha value is -1.02. The van der Waals surface area contributed by atoms with Gasteiger partial charge in [0.05, 0.1) is 0 Å². The highest BCUT2D eigenvalue weighted by Crippen LogP contribution is 2.02. The first-order valence-corrected chi connectivity index (χ1v) is 4.16. The SMILES string of the molecule is C=C/C(CNC)=C(\C=C)NCC. The molecule has 0 aliphatic rings. The van der Waals surface area contributed by atoms with E-state index >= 15 is 0 Å². The van der Waals surface area contributed by atoms with Gasteiger partial charge in [-0.05, 0) is 25.6 Å². The Morgan fingerprint density at radius 1 is 1.33 bits per heavy atom. The lowest BCUT2D eigenvalue weighted by atomic mass is 10.2. The summed E-state index contributed by atoms with van der Waals surface area (Å²) in [5, 5.41) is 6.29. The number of likely N-dealkylation sites (N-methyl/N-ethyl adjacent to an activating group) is 2. The summed E-state index contributed by atoms with van der Waals surface area (Å²) >= 11 is 0. The van der Waals surface area contributed by atoms with Crippen molar-refractivity contribution < 1.29 is 0 Å². The van der Waals surface area contributed by atoms with Crippen molar-refractivity contribution in [2.24, 2.45) is 0 Å². The van der Waals surface area contributed by atoms with Crippen molar-refractivity contribution in [3.05, 3.63) is 36.6 Å². The zero-order chi connectivity index (χ0) is 9.40. The molecule has 0 heterocycles. The van der Waals surface area contributed by atoms with E-state index < -0.39 is 0 Å². The smallest absolute Gasteiger partial charge is 0.0379 e. The molecular weight excluding hydrogens is 148 g/mol. The standard InChI is InChI=1S/C10H18N2/c1-5-9(8-11-4)10(6-2)12-7-3/h5-6,11-12H,1-2,7-8H2,3-4H3/b10-9-. The fraction of sp³-hybridized carbons (Fsp3) is 0.400. The van der Waals surface area contributed by atoms with Crippen LogP contribution in [0.2, 0.25) is 0 Å². The van der Waals surface area contributed by atoms with Crippen LogP contribution in [0.5, 0.6) is 0 Å². The molecule has 0 aliphatic heterocycles. The first-order chi connectivity index (χ1) is 5.79. The highest BCUT2D eigenvalue weighted by molar-refractivity contribution is 5.31. The van der Waals surface area contributed by atoms with Crippen LogP contribution in [0.15, 0.2) is 36.6 Å². The predicted octanol–water partition coefficient (Wildman–Crippen LogP) is 1.44. The maximum Gasteiger partial charge on any atom is 0.0379 e. The molecule has 0 saturated carbocycles. The molecule has 0 unspecified atom stereocenters. The quantitative estimate of drug-likeness (QED) is 0.583. The van der Waals surface area contributed by atoms with Crippen molar-refractivity contribution in [2.75, 3.05) is 20.1 Å². The summed E-state index contributed by atoms with van der Waals surface area (Å²) in [7, 11) is 1.91. The molecule has 2 nitrogen and oxygen atoms in total. The van der Waals surface area contributed by atoms with Gasteiger partial charge in [-0.2, -0.15) is 0 Å². The van der Waals surface area contributed by atoms with Gasteiger partial charge in [0.1, 0.15) is 0 Å². The molecule has 0 aromatic rings. The molecule has 0 bridgehead atoms. The normalized spacial score (nSPS) is 11.8. The average molecular weight is 166 g/mol. The van der Waals surface area contributed by atoms with Crippen LogP contribution >= 0.6 is 0 Å². The van der Waals surface area contributed by atoms with E-state index in [9.17, 15) is 0 Å². The van der Waals surface area contributed by atoms with Gasteiger partial charge in [0.2, 0.25) is 0 Å². The number of hydrogen-bond donors (Lipinski definition) is 2. The largest absolute Gasteiger partial charge is 0.385 e. The Bertz CT molecular complexity index is 160. The third kappa shape index (κ3) is 3.39. The predicted molar refractivity (Wildman–Crippen MR) is 55.0 cm³/mol. The van der Waals surface area contributed by atoms with Crippen molar-refractivity contribution in [3.63, 3.8) is 0 Å². The zero-order valence-electron chi connectivity index (χ0n) is 7.98. The summed E-state index contributed by atoms with van der Waals surface area (Å²) in [4.78, 5) is 0. The van der Waals surface area contributed by atoms with Gasteiger partial charge < -0.3 is 10.6 Å². The van der Waals surface area contributed by atoms with Gasteiger partial charge in [-0.25, -0.2) is 0 Å². The minimum Gasteiger partial charge on any atom is -0.385 e. The van der Waals surface area contributed by atoms with Crippen LogP contribution in [-0.4, -0.2) is 20.1 Å². The van der Waals surface area contributed by atoms with Crippen LogP contribution in [0.25, 0.3) is 0 Å². The van der Waals surface area contributed by atoms with E-state index in [-0.39, 0.29) is 0 Å². The minimum absolute atomic E-state index is 0.817. The van der Waals surface area contributed by atoms with Gasteiger partial charge in [-0.3, -0.25) is 0 Å². The topological polar surface area (TPSA) is 24.1 Å². The van der Waals surface area contributed by atoms with Crippen molar-refractivity contribution in [1.82, 2.24) is 10.6 Å². The van der Waals surface area contributed by atoms with Gasteiger partial charge in [0.15, 0.2) is 0 Å². The second-order valence-corrected chi connectivity index (χ2v) is 2.41. The third-order valence-corrected chi connectivity index (χ3v) is 1.53. The van der Waals surface area contributed by atoms with E-state index in [0.717, 1.165) is 24.4 Å². The van der Waals surface area contributed by atoms with Crippen LogP contribution < -0.4 is 10.6 Å². The van der Waals surface area contributed by atoms with E-state index in [1.807, 2.05) is 19.2 Å². The number of hydrogen-bond acceptors (Lipinski definition) is 2. The lowest BCUT2D eigenvalue weighted by molar-refractivity contribution is 0.832. The highest BCUT2D eigenvalue weighted by Gasteiger charge is 1.96. The van der Waals surface area contributed by atoms with E-state index in [2.05, 4.69) is 30.7 Å². The third-order valence-electron chi connectivity index (χ3n) is 1.53. The lowest BCUT2D eigenvalue weighted by Gasteiger charge is -2.09. The number of nitrogens with one attached hydrogen (secondary N) is 2. The number of rotatable bonds is 6. The summed E-state index contributed by atoms with van der Waals surface area (Å²) < 4.78 is 0. The van der Waals surface area contributed by atoms with Crippen LogP contribution in [0.3, 0.4) is 0 Å². The van der Waals surface area contributed by atoms with E-state index in [1.165, 1.54) is 0 Å². The minimum atomic E-state index is 0.817. The van der Waals surface area contributed by atoms with Gasteiger partial charge in [0, 0.05) is 18.8 Å². The maximum absolute atomic E-state index is 3.75. The van der Waals surface area contributed by atoms with E-state index in [4.69, 9.17) is 0 Å². The van der Waals surface area contributed by atoms with Gasteiger partial charge in [-0.15, -0.1) is 0 Å². The second-order valence-electron chi connectivity index (χ2n) is 2.41. The Balaban J connectivity index is 4.48. The molecule has 2 N–H and O–H groups in total. The maximum atomic E-state index is 3.75. The molecule has 12 heavy (non-hydrogen) atoms. The van der Waals surface area contributed by atoms with Gasteiger partial charge >= 0.3 is 0 Å². The van der Waals surface area contributed by atoms with Crippen molar-refractivity contribution >= 4 is 0 Å². The zero-order valence-corrected chi connectivity index (χ0v) is 7.98. The summed E-state index contributed by atoms with van der Waals surface area (Å²) in [6.45, 7) is 11.3. The Kier molecular flexibility index (Phi) is 6.11. The first-order valence-electron chi connectivity index (χ1n) is 4.16. The molecule has 0 aromatic carbocycles. The Labute approximate surface area is 75.1 Å². The summed E-state index contributed by atoms with van der Waals surface area (Å²) in [6, 6.07) is 0. The molecule has 0 spiro atoms. The molecule has 0 rings (SSSR count). The van der Waals surface area contributed by atoms with Crippen LogP contribution in [0.4, 0.5) is 0 Å². The molecule has 2 heteroatoms. The van der Waals surface area contributed by atoms with Crippen LogP contribution in [0.1, 0.15) is 6.92 Å². The van der Waals surface area contributed by atoms with Crippen molar-refractivity contribution in [2.45, 2.75) is 6.92 Å². The Morgan fingerprint density at radius 2 is 2.00 bits per heavy atom. The van der Waals surface area contributed by atoms with E-state index in [1.54, 1.807) is 0 Å².